The molecule has 24 heavy (non-hydrogen) atoms. The third kappa shape index (κ3) is 5.22. The van der Waals surface area contributed by atoms with Gasteiger partial charge in [0.25, 0.3) is 5.69 Å². The van der Waals surface area contributed by atoms with E-state index in [1.807, 2.05) is 6.07 Å². The van der Waals surface area contributed by atoms with Gasteiger partial charge < -0.3 is 9.32 Å². The SMILES string of the molecule is CCCCCC(=O)N(Cc1ccc([N+](=O)[O-])cc1)Cc1ccco1. The van der Waals surface area contributed by atoms with Crippen LogP contribution in [0.2, 0.25) is 0 Å². The first kappa shape index (κ1) is 17.7. The third-order valence-corrected chi connectivity index (χ3v) is 3.79. The quantitative estimate of drug-likeness (QED) is 0.390. The maximum absolute atomic E-state index is 12.5. The molecule has 0 spiro atoms. The van der Waals surface area contributed by atoms with E-state index in [0.717, 1.165) is 30.6 Å². The fraction of sp³-hybridized carbons (Fsp3) is 0.389. The molecule has 0 radical (unpaired) electrons. The van der Waals surface area contributed by atoms with E-state index in [1.165, 1.54) is 12.1 Å². The maximum Gasteiger partial charge on any atom is 0.269 e. The van der Waals surface area contributed by atoms with Gasteiger partial charge in [0.15, 0.2) is 0 Å². The van der Waals surface area contributed by atoms with Crippen molar-refractivity contribution in [3.8, 4) is 0 Å². The molecule has 1 heterocycles. The fourth-order valence-corrected chi connectivity index (χ4v) is 2.45. The molecule has 1 amide bonds. The number of nitrogens with zero attached hydrogens (tertiary/aromatic N) is 2. The van der Waals surface area contributed by atoms with Crippen molar-refractivity contribution in [2.45, 2.75) is 45.7 Å². The van der Waals surface area contributed by atoms with Crippen molar-refractivity contribution in [1.82, 2.24) is 4.90 Å². The van der Waals surface area contributed by atoms with Crippen LogP contribution in [0, 0.1) is 10.1 Å². The van der Waals surface area contributed by atoms with Gasteiger partial charge in [0, 0.05) is 25.1 Å². The van der Waals surface area contributed by atoms with Gasteiger partial charge >= 0.3 is 0 Å². The number of nitro groups is 1. The van der Waals surface area contributed by atoms with Crippen molar-refractivity contribution in [3.63, 3.8) is 0 Å². The molecule has 0 unspecified atom stereocenters. The Morgan fingerprint density at radius 1 is 1.17 bits per heavy atom. The summed E-state index contributed by atoms with van der Waals surface area (Å²) in [6, 6.07) is 9.92. The van der Waals surface area contributed by atoms with Gasteiger partial charge in [-0.05, 0) is 24.1 Å². The van der Waals surface area contributed by atoms with E-state index in [2.05, 4.69) is 6.92 Å². The Bertz CT molecular complexity index is 650. The molecule has 0 atom stereocenters. The summed E-state index contributed by atoms with van der Waals surface area (Å²) >= 11 is 0. The minimum Gasteiger partial charge on any atom is -0.467 e. The van der Waals surface area contributed by atoms with Crippen LogP contribution in [0.1, 0.15) is 43.9 Å². The molecule has 0 fully saturated rings. The molecule has 0 N–H and O–H groups in total. The van der Waals surface area contributed by atoms with Crippen LogP contribution in [0.4, 0.5) is 5.69 Å². The Labute approximate surface area is 141 Å². The van der Waals surface area contributed by atoms with Crippen LogP contribution in [0.25, 0.3) is 0 Å². The first-order valence-corrected chi connectivity index (χ1v) is 8.13. The number of furan rings is 1. The molecule has 0 saturated carbocycles. The zero-order valence-electron chi connectivity index (χ0n) is 13.8. The Balaban J connectivity index is 2.06. The molecule has 2 aromatic rings. The summed E-state index contributed by atoms with van der Waals surface area (Å²) < 4.78 is 5.34. The lowest BCUT2D eigenvalue weighted by Gasteiger charge is -2.22. The average Bonchev–Trinajstić information content (AvgIpc) is 3.08. The Morgan fingerprint density at radius 2 is 1.92 bits per heavy atom. The lowest BCUT2D eigenvalue weighted by molar-refractivity contribution is -0.384. The standard InChI is InChI=1S/C18H22N2O4/c1-2-3-4-7-18(21)19(14-17-6-5-12-24-17)13-15-8-10-16(11-9-15)20(22)23/h5-6,8-12H,2-4,7,13-14H2,1H3. The van der Waals surface area contributed by atoms with Crippen molar-refractivity contribution in [3.05, 3.63) is 64.1 Å². The van der Waals surface area contributed by atoms with Gasteiger partial charge in [-0.1, -0.05) is 31.9 Å². The number of non-ortho nitro benzene ring substituents is 1. The summed E-state index contributed by atoms with van der Waals surface area (Å²) in [4.78, 5) is 24.5. The normalized spacial score (nSPS) is 10.5. The smallest absolute Gasteiger partial charge is 0.269 e. The Kier molecular flexibility index (Phi) is 6.54. The predicted octanol–water partition coefficient (Wildman–Crippen LogP) is 4.30. The molecule has 1 aromatic heterocycles. The second kappa shape index (κ2) is 8.86. The van der Waals surface area contributed by atoms with E-state index >= 15 is 0 Å². The molecule has 0 saturated heterocycles. The van der Waals surface area contributed by atoms with Gasteiger partial charge in [-0.25, -0.2) is 0 Å². The van der Waals surface area contributed by atoms with E-state index in [1.54, 1.807) is 29.4 Å². The molecule has 6 nitrogen and oxygen atoms in total. The first-order valence-electron chi connectivity index (χ1n) is 8.13. The molecule has 0 aliphatic rings. The van der Waals surface area contributed by atoms with Crippen LogP contribution in [-0.4, -0.2) is 15.7 Å². The molecule has 0 aliphatic carbocycles. The molecular weight excluding hydrogens is 308 g/mol. The van der Waals surface area contributed by atoms with E-state index < -0.39 is 4.92 Å². The highest BCUT2D eigenvalue weighted by atomic mass is 16.6. The largest absolute Gasteiger partial charge is 0.467 e. The van der Waals surface area contributed by atoms with E-state index in [-0.39, 0.29) is 11.6 Å². The van der Waals surface area contributed by atoms with Crippen molar-refractivity contribution < 1.29 is 14.1 Å². The first-order chi connectivity index (χ1) is 11.6. The number of nitro benzene ring substituents is 1. The number of hydrogen-bond donors (Lipinski definition) is 0. The van der Waals surface area contributed by atoms with Gasteiger partial charge in [-0.3, -0.25) is 14.9 Å². The van der Waals surface area contributed by atoms with Crippen LogP contribution in [0.3, 0.4) is 0 Å². The summed E-state index contributed by atoms with van der Waals surface area (Å²) in [5.74, 6) is 0.791. The highest BCUT2D eigenvalue weighted by Gasteiger charge is 2.16. The van der Waals surface area contributed by atoms with Crippen molar-refractivity contribution >= 4 is 11.6 Å². The molecular formula is C18H22N2O4. The van der Waals surface area contributed by atoms with Crippen LogP contribution >= 0.6 is 0 Å². The van der Waals surface area contributed by atoms with Gasteiger partial charge in [0.05, 0.1) is 17.7 Å². The van der Waals surface area contributed by atoms with Gasteiger partial charge in [-0.2, -0.15) is 0 Å². The monoisotopic (exact) mass is 330 g/mol. The van der Waals surface area contributed by atoms with Gasteiger partial charge in [0.2, 0.25) is 5.91 Å². The zero-order valence-corrected chi connectivity index (χ0v) is 13.8. The molecule has 6 heteroatoms. The molecule has 128 valence electrons. The highest BCUT2D eigenvalue weighted by molar-refractivity contribution is 5.76. The summed E-state index contributed by atoms with van der Waals surface area (Å²) in [6.07, 6.45) is 5.04. The summed E-state index contributed by atoms with van der Waals surface area (Å²) in [7, 11) is 0. The van der Waals surface area contributed by atoms with Crippen LogP contribution in [0.15, 0.2) is 47.1 Å². The lowest BCUT2D eigenvalue weighted by atomic mass is 10.1. The third-order valence-electron chi connectivity index (χ3n) is 3.79. The second-order valence-corrected chi connectivity index (χ2v) is 5.71. The van der Waals surface area contributed by atoms with Crippen molar-refractivity contribution in [2.75, 3.05) is 0 Å². The predicted molar refractivity (Wildman–Crippen MR) is 90.2 cm³/mol. The molecule has 0 bridgehead atoms. The minimum absolute atomic E-state index is 0.0469. The van der Waals surface area contributed by atoms with Crippen molar-refractivity contribution in [1.29, 1.82) is 0 Å². The van der Waals surface area contributed by atoms with Crippen LogP contribution in [0.5, 0.6) is 0 Å². The molecule has 1 aromatic carbocycles. The summed E-state index contributed by atoms with van der Waals surface area (Å²) in [6.45, 7) is 2.90. The van der Waals surface area contributed by atoms with Crippen molar-refractivity contribution in [2.24, 2.45) is 0 Å². The zero-order chi connectivity index (χ0) is 17.4. The van der Waals surface area contributed by atoms with Crippen LogP contribution in [-0.2, 0) is 17.9 Å². The molecule has 2 rings (SSSR count). The van der Waals surface area contributed by atoms with E-state index in [9.17, 15) is 14.9 Å². The Morgan fingerprint density at radius 3 is 2.50 bits per heavy atom. The number of carbonyl (C=O) groups excluding carboxylic acids is 1. The number of amides is 1. The van der Waals surface area contributed by atoms with Gasteiger partial charge in [-0.15, -0.1) is 0 Å². The minimum atomic E-state index is -0.430. The summed E-state index contributed by atoms with van der Waals surface area (Å²) in [5.41, 5.74) is 0.904. The van der Waals surface area contributed by atoms with E-state index in [0.29, 0.717) is 19.5 Å². The van der Waals surface area contributed by atoms with E-state index in [4.69, 9.17) is 4.42 Å². The second-order valence-electron chi connectivity index (χ2n) is 5.71. The number of carbonyl (C=O) groups is 1. The summed E-state index contributed by atoms with van der Waals surface area (Å²) in [5, 5.41) is 10.7. The number of hydrogen-bond acceptors (Lipinski definition) is 4. The average molecular weight is 330 g/mol. The van der Waals surface area contributed by atoms with Gasteiger partial charge in [0.1, 0.15) is 5.76 Å². The van der Waals surface area contributed by atoms with Crippen LogP contribution < -0.4 is 0 Å². The topological polar surface area (TPSA) is 76.6 Å². The number of benzene rings is 1. The highest BCUT2D eigenvalue weighted by Crippen LogP contribution is 2.16. The number of unbranched alkanes of at least 4 members (excludes halogenated alkanes) is 2. The lowest BCUT2D eigenvalue weighted by Crippen LogP contribution is -2.29. The molecule has 0 aliphatic heterocycles. The fourth-order valence-electron chi connectivity index (χ4n) is 2.45. The maximum atomic E-state index is 12.5. The number of rotatable bonds is 9. The Hall–Kier alpha value is -2.63.